The highest BCUT2D eigenvalue weighted by molar-refractivity contribution is 6.21. The van der Waals surface area contributed by atoms with Crippen molar-refractivity contribution in [2.75, 3.05) is 11.9 Å². The molecule has 0 atom stereocenters. The molecule has 3 aromatic rings. The number of rotatable bonds is 6. The standard InChI is InChI=1S/C25H21FN2O4/c1-3-32-22-11-9-16(14-28-24(30)18-6-4-5-7-19(18)25(28)31)12-20(22)23(29)27-21-13-17(26)10-8-15(21)2/h4-13H,3,14H2,1-2H3,(H,27,29). The summed E-state index contributed by atoms with van der Waals surface area (Å²) < 4.78 is 19.2. The molecule has 3 amide bonds. The zero-order chi connectivity index (χ0) is 22.8. The third-order valence-electron chi connectivity index (χ3n) is 5.26. The van der Waals surface area contributed by atoms with E-state index in [1.807, 2.05) is 0 Å². The lowest BCUT2D eigenvalue weighted by Gasteiger charge is -2.17. The van der Waals surface area contributed by atoms with Gasteiger partial charge in [0, 0.05) is 5.69 Å². The summed E-state index contributed by atoms with van der Waals surface area (Å²) in [6, 6.07) is 15.7. The summed E-state index contributed by atoms with van der Waals surface area (Å²) in [5, 5.41) is 2.71. The summed E-state index contributed by atoms with van der Waals surface area (Å²) in [5.74, 6) is -1.34. The van der Waals surface area contributed by atoms with Crippen molar-refractivity contribution >= 4 is 23.4 Å². The van der Waals surface area contributed by atoms with E-state index in [2.05, 4.69) is 5.32 Å². The molecule has 6 nitrogen and oxygen atoms in total. The van der Waals surface area contributed by atoms with Crippen molar-refractivity contribution in [1.29, 1.82) is 0 Å². The minimum absolute atomic E-state index is 0.0119. The first-order chi connectivity index (χ1) is 15.4. The minimum Gasteiger partial charge on any atom is -0.493 e. The van der Waals surface area contributed by atoms with E-state index >= 15 is 0 Å². The molecular formula is C25H21FN2O4. The van der Waals surface area contributed by atoms with Gasteiger partial charge in [-0.3, -0.25) is 19.3 Å². The Morgan fingerprint density at radius 1 is 1.00 bits per heavy atom. The zero-order valence-electron chi connectivity index (χ0n) is 17.6. The van der Waals surface area contributed by atoms with Gasteiger partial charge in [0.1, 0.15) is 11.6 Å². The monoisotopic (exact) mass is 432 g/mol. The van der Waals surface area contributed by atoms with Crippen LogP contribution in [0.1, 0.15) is 49.1 Å². The fraction of sp³-hybridized carbons (Fsp3) is 0.160. The molecule has 162 valence electrons. The molecule has 0 unspecified atom stereocenters. The molecule has 0 spiro atoms. The third-order valence-corrected chi connectivity index (χ3v) is 5.26. The van der Waals surface area contributed by atoms with Crippen LogP contribution in [0.2, 0.25) is 0 Å². The number of aryl methyl sites for hydroxylation is 1. The second-order valence-corrected chi connectivity index (χ2v) is 7.42. The predicted octanol–water partition coefficient (Wildman–Crippen LogP) is 4.58. The average molecular weight is 432 g/mol. The summed E-state index contributed by atoms with van der Waals surface area (Å²) in [4.78, 5) is 39.5. The third kappa shape index (κ3) is 3.97. The van der Waals surface area contributed by atoms with Gasteiger partial charge in [0.15, 0.2) is 0 Å². The summed E-state index contributed by atoms with van der Waals surface area (Å²) in [7, 11) is 0. The summed E-state index contributed by atoms with van der Waals surface area (Å²) in [6.07, 6.45) is 0. The van der Waals surface area contributed by atoms with Crippen LogP contribution < -0.4 is 10.1 Å². The Morgan fingerprint density at radius 3 is 2.34 bits per heavy atom. The normalized spacial score (nSPS) is 12.7. The SMILES string of the molecule is CCOc1ccc(CN2C(=O)c3ccccc3C2=O)cc1C(=O)Nc1cc(F)ccc1C. The van der Waals surface area contributed by atoms with Crippen molar-refractivity contribution < 1.29 is 23.5 Å². The Labute approximate surface area is 184 Å². The van der Waals surface area contributed by atoms with Crippen molar-refractivity contribution in [1.82, 2.24) is 4.90 Å². The number of anilines is 1. The molecule has 0 fully saturated rings. The maximum absolute atomic E-state index is 13.6. The minimum atomic E-state index is -0.480. The van der Waals surface area contributed by atoms with Gasteiger partial charge in [-0.15, -0.1) is 0 Å². The number of nitrogens with zero attached hydrogens (tertiary/aromatic N) is 1. The Balaban J connectivity index is 1.62. The number of carbonyl (C=O) groups excluding carboxylic acids is 3. The molecule has 1 N–H and O–H groups in total. The molecule has 0 saturated heterocycles. The average Bonchev–Trinajstić information content (AvgIpc) is 3.02. The zero-order valence-corrected chi connectivity index (χ0v) is 17.6. The Kier molecular flexibility index (Phi) is 5.73. The number of imide groups is 1. The highest BCUT2D eigenvalue weighted by Crippen LogP contribution is 2.27. The van der Waals surface area contributed by atoms with E-state index in [-0.39, 0.29) is 23.9 Å². The highest BCUT2D eigenvalue weighted by Gasteiger charge is 2.35. The lowest BCUT2D eigenvalue weighted by molar-refractivity contribution is 0.0642. The molecule has 1 heterocycles. The van der Waals surface area contributed by atoms with Gasteiger partial charge < -0.3 is 10.1 Å². The first-order valence-corrected chi connectivity index (χ1v) is 10.2. The van der Waals surface area contributed by atoms with Crippen LogP contribution in [0.3, 0.4) is 0 Å². The number of nitrogens with one attached hydrogen (secondary N) is 1. The Bertz CT molecular complexity index is 1200. The van der Waals surface area contributed by atoms with E-state index in [0.29, 0.717) is 40.3 Å². The second-order valence-electron chi connectivity index (χ2n) is 7.42. The molecule has 7 heteroatoms. The molecular weight excluding hydrogens is 411 g/mol. The van der Waals surface area contributed by atoms with Gasteiger partial charge in [-0.25, -0.2) is 4.39 Å². The Hall–Kier alpha value is -4.00. The van der Waals surface area contributed by atoms with E-state index in [9.17, 15) is 18.8 Å². The van der Waals surface area contributed by atoms with Crippen LogP contribution in [-0.4, -0.2) is 29.2 Å². The number of halogens is 1. The summed E-state index contributed by atoms with van der Waals surface area (Å²) >= 11 is 0. The molecule has 0 aromatic heterocycles. The number of fused-ring (bicyclic) bond motifs is 1. The van der Waals surface area contributed by atoms with Crippen molar-refractivity contribution in [2.24, 2.45) is 0 Å². The van der Waals surface area contributed by atoms with Crippen LogP contribution in [0, 0.1) is 12.7 Å². The molecule has 0 saturated carbocycles. The number of benzene rings is 3. The maximum Gasteiger partial charge on any atom is 0.261 e. The van der Waals surface area contributed by atoms with Gasteiger partial charge >= 0.3 is 0 Å². The predicted molar refractivity (Wildman–Crippen MR) is 117 cm³/mol. The molecule has 1 aliphatic rings. The molecule has 32 heavy (non-hydrogen) atoms. The lowest BCUT2D eigenvalue weighted by atomic mass is 10.1. The smallest absolute Gasteiger partial charge is 0.261 e. The van der Waals surface area contributed by atoms with Crippen molar-refractivity contribution in [2.45, 2.75) is 20.4 Å². The van der Waals surface area contributed by atoms with Crippen LogP contribution in [0.25, 0.3) is 0 Å². The van der Waals surface area contributed by atoms with Crippen LogP contribution >= 0.6 is 0 Å². The number of hydrogen-bond donors (Lipinski definition) is 1. The quantitative estimate of drug-likeness (QED) is 0.579. The van der Waals surface area contributed by atoms with E-state index < -0.39 is 11.7 Å². The van der Waals surface area contributed by atoms with Crippen molar-refractivity contribution in [3.05, 3.63) is 94.3 Å². The fourth-order valence-electron chi connectivity index (χ4n) is 3.62. The topological polar surface area (TPSA) is 75.7 Å². The van der Waals surface area contributed by atoms with E-state index in [4.69, 9.17) is 4.74 Å². The van der Waals surface area contributed by atoms with Gasteiger partial charge in [0.2, 0.25) is 0 Å². The van der Waals surface area contributed by atoms with E-state index in [1.54, 1.807) is 62.4 Å². The molecule has 0 bridgehead atoms. The number of hydrogen-bond acceptors (Lipinski definition) is 4. The highest BCUT2D eigenvalue weighted by atomic mass is 19.1. The fourth-order valence-corrected chi connectivity index (χ4v) is 3.62. The molecule has 0 aliphatic carbocycles. The van der Waals surface area contributed by atoms with E-state index in [0.717, 1.165) is 4.90 Å². The van der Waals surface area contributed by atoms with Crippen LogP contribution in [0.5, 0.6) is 5.75 Å². The van der Waals surface area contributed by atoms with Crippen LogP contribution in [0.4, 0.5) is 10.1 Å². The van der Waals surface area contributed by atoms with Crippen LogP contribution in [0.15, 0.2) is 60.7 Å². The molecule has 3 aromatic carbocycles. The van der Waals surface area contributed by atoms with Gasteiger partial charge in [-0.05, 0) is 61.4 Å². The first-order valence-electron chi connectivity index (χ1n) is 10.2. The first kappa shape index (κ1) is 21.2. The van der Waals surface area contributed by atoms with Gasteiger partial charge in [0.25, 0.3) is 17.7 Å². The van der Waals surface area contributed by atoms with E-state index in [1.165, 1.54) is 12.1 Å². The summed E-state index contributed by atoms with van der Waals surface area (Å²) in [6.45, 7) is 3.91. The van der Waals surface area contributed by atoms with Gasteiger partial charge in [0.05, 0.1) is 29.8 Å². The molecule has 1 aliphatic heterocycles. The largest absolute Gasteiger partial charge is 0.493 e. The van der Waals surface area contributed by atoms with Crippen LogP contribution in [-0.2, 0) is 6.54 Å². The molecule has 0 radical (unpaired) electrons. The van der Waals surface area contributed by atoms with Crippen molar-refractivity contribution in [3.8, 4) is 5.75 Å². The number of amides is 3. The number of carbonyl (C=O) groups is 3. The summed E-state index contributed by atoms with van der Waals surface area (Å²) in [5.41, 5.74) is 2.60. The van der Waals surface area contributed by atoms with Crippen molar-refractivity contribution in [3.63, 3.8) is 0 Å². The van der Waals surface area contributed by atoms with Gasteiger partial charge in [-0.2, -0.15) is 0 Å². The second kappa shape index (κ2) is 8.63. The number of ether oxygens (including phenoxy) is 1. The Morgan fingerprint density at radius 2 is 1.69 bits per heavy atom. The lowest BCUT2D eigenvalue weighted by Crippen LogP contribution is -2.29. The van der Waals surface area contributed by atoms with Gasteiger partial charge in [-0.1, -0.05) is 24.3 Å². The maximum atomic E-state index is 13.6. The molecule has 4 rings (SSSR count).